The van der Waals surface area contributed by atoms with Crippen molar-refractivity contribution in [3.63, 3.8) is 0 Å². The maximum absolute atomic E-state index is 11.9. The molecule has 0 bridgehead atoms. The van der Waals surface area contributed by atoms with Gasteiger partial charge in [0.05, 0.1) is 6.54 Å². The van der Waals surface area contributed by atoms with Gasteiger partial charge < -0.3 is 15.5 Å². The Morgan fingerprint density at radius 1 is 1.30 bits per heavy atom. The molecule has 0 fully saturated rings. The van der Waals surface area contributed by atoms with E-state index in [4.69, 9.17) is 0 Å². The molecule has 0 aromatic heterocycles. The number of unbranched alkanes of at least 4 members (excludes halogenated alkanes) is 1. The highest BCUT2D eigenvalue weighted by molar-refractivity contribution is 7.98. The first-order valence-corrected chi connectivity index (χ1v) is 8.41. The molecule has 0 rings (SSSR count). The van der Waals surface area contributed by atoms with Crippen molar-refractivity contribution >= 4 is 23.6 Å². The molecule has 0 atom stereocenters. The lowest BCUT2D eigenvalue weighted by molar-refractivity contribution is -0.122. The van der Waals surface area contributed by atoms with Crippen LogP contribution in [0.25, 0.3) is 0 Å². The number of aliphatic imine (C=N–C) groups is 1. The molecule has 0 aromatic carbocycles. The molecule has 0 saturated carbocycles. The SMILES string of the molecule is CN=C(NCCCCSC)N(C)CC(=O)NC(C)(C)C. The van der Waals surface area contributed by atoms with E-state index in [-0.39, 0.29) is 11.4 Å². The van der Waals surface area contributed by atoms with E-state index in [1.165, 1.54) is 12.2 Å². The number of carbonyl (C=O) groups is 1. The van der Waals surface area contributed by atoms with E-state index in [9.17, 15) is 4.79 Å². The smallest absolute Gasteiger partial charge is 0.240 e. The van der Waals surface area contributed by atoms with Gasteiger partial charge in [0.2, 0.25) is 5.91 Å². The summed E-state index contributed by atoms with van der Waals surface area (Å²) in [4.78, 5) is 17.9. The summed E-state index contributed by atoms with van der Waals surface area (Å²) >= 11 is 1.86. The van der Waals surface area contributed by atoms with Crippen molar-refractivity contribution in [2.75, 3.05) is 39.2 Å². The summed E-state index contributed by atoms with van der Waals surface area (Å²) in [6.07, 6.45) is 4.43. The lowest BCUT2D eigenvalue weighted by Gasteiger charge is -2.25. The molecule has 0 unspecified atom stereocenters. The van der Waals surface area contributed by atoms with Crippen LogP contribution in [-0.2, 0) is 4.79 Å². The highest BCUT2D eigenvalue weighted by Gasteiger charge is 2.16. The predicted octanol–water partition coefficient (Wildman–Crippen LogP) is 1.55. The van der Waals surface area contributed by atoms with Gasteiger partial charge in [-0.3, -0.25) is 9.79 Å². The van der Waals surface area contributed by atoms with E-state index in [0.29, 0.717) is 6.54 Å². The van der Waals surface area contributed by atoms with E-state index < -0.39 is 0 Å². The topological polar surface area (TPSA) is 56.7 Å². The molecule has 5 nitrogen and oxygen atoms in total. The maximum Gasteiger partial charge on any atom is 0.240 e. The Balaban J connectivity index is 4.09. The second kappa shape index (κ2) is 9.91. The highest BCUT2D eigenvalue weighted by Crippen LogP contribution is 1.99. The molecule has 0 aliphatic rings. The average molecular weight is 302 g/mol. The van der Waals surface area contributed by atoms with E-state index in [0.717, 1.165) is 18.9 Å². The molecule has 6 heteroatoms. The van der Waals surface area contributed by atoms with Crippen LogP contribution in [0.4, 0.5) is 0 Å². The molecule has 0 heterocycles. The molecule has 0 aliphatic carbocycles. The van der Waals surface area contributed by atoms with Crippen molar-refractivity contribution in [3.8, 4) is 0 Å². The fourth-order valence-electron chi connectivity index (χ4n) is 1.70. The average Bonchev–Trinajstić information content (AvgIpc) is 2.31. The van der Waals surface area contributed by atoms with Gasteiger partial charge in [-0.05, 0) is 45.6 Å². The molecule has 0 aromatic rings. The number of carbonyl (C=O) groups excluding carboxylic acids is 1. The first-order chi connectivity index (χ1) is 9.30. The Hall–Kier alpha value is -0.910. The molecule has 2 N–H and O–H groups in total. The minimum absolute atomic E-state index is 0.00494. The third-order valence-electron chi connectivity index (χ3n) is 2.53. The van der Waals surface area contributed by atoms with Crippen molar-refractivity contribution in [1.29, 1.82) is 0 Å². The van der Waals surface area contributed by atoms with Gasteiger partial charge in [-0.25, -0.2) is 0 Å². The second-order valence-corrected chi connectivity index (χ2v) is 6.81. The second-order valence-electron chi connectivity index (χ2n) is 5.83. The van der Waals surface area contributed by atoms with Crippen LogP contribution >= 0.6 is 11.8 Å². The Bertz CT molecular complexity index is 313. The van der Waals surface area contributed by atoms with Gasteiger partial charge in [-0.15, -0.1) is 0 Å². The molecular weight excluding hydrogens is 272 g/mol. The first-order valence-electron chi connectivity index (χ1n) is 7.02. The number of rotatable bonds is 7. The lowest BCUT2D eigenvalue weighted by Crippen LogP contribution is -2.48. The summed E-state index contributed by atoms with van der Waals surface area (Å²) in [6.45, 7) is 7.12. The fraction of sp³-hybridized carbons (Fsp3) is 0.857. The van der Waals surface area contributed by atoms with Gasteiger partial charge in [0.15, 0.2) is 5.96 Å². The Morgan fingerprint density at radius 3 is 2.45 bits per heavy atom. The van der Waals surface area contributed by atoms with Crippen LogP contribution in [0.2, 0.25) is 0 Å². The number of hydrogen-bond acceptors (Lipinski definition) is 3. The molecule has 118 valence electrons. The summed E-state index contributed by atoms with van der Waals surface area (Å²) in [7, 11) is 3.61. The van der Waals surface area contributed by atoms with E-state index in [1.54, 1.807) is 7.05 Å². The van der Waals surface area contributed by atoms with Crippen molar-refractivity contribution < 1.29 is 4.79 Å². The summed E-state index contributed by atoms with van der Waals surface area (Å²) in [5, 5.41) is 6.23. The number of amides is 1. The number of nitrogens with zero attached hydrogens (tertiary/aromatic N) is 2. The third kappa shape index (κ3) is 9.95. The van der Waals surface area contributed by atoms with Crippen molar-refractivity contribution in [3.05, 3.63) is 0 Å². The van der Waals surface area contributed by atoms with E-state index in [2.05, 4.69) is 21.9 Å². The number of nitrogens with one attached hydrogen (secondary N) is 2. The molecular formula is C14H30N4OS. The lowest BCUT2D eigenvalue weighted by atomic mass is 10.1. The molecule has 0 saturated heterocycles. The van der Waals surface area contributed by atoms with Gasteiger partial charge >= 0.3 is 0 Å². The van der Waals surface area contributed by atoms with Crippen molar-refractivity contribution in [2.24, 2.45) is 4.99 Å². The van der Waals surface area contributed by atoms with Crippen LogP contribution in [0.15, 0.2) is 4.99 Å². The maximum atomic E-state index is 11.9. The van der Waals surface area contributed by atoms with Gasteiger partial charge in [0, 0.05) is 26.2 Å². The number of thioether (sulfide) groups is 1. The van der Waals surface area contributed by atoms with Crippen molar-refractivity contribution in [1.82, 2.24) is 15.5 Å². The summed E-state index contributed by atoms with van der Waals surface area (Å²) < 4.78 is 0. The Kier molecular flexibility index (Phi) is 9.46. The number of likely N-dealkylation sites (N-methyl/N-ethyl adjacent to an activating group) is 1. The van der Waals surface area contributed by atoms with Crippen LogP contribution in [0.3, 0.4) is 0 Å². The zero-order valence-electron chi connectivity index (χ0n) is 13.7. The zero-order valence-corrected chi connectivity index (χ0v) is 14.6. The third-order valence-corrected chi connectivity index (χ3v) is 3.22. The van der Waals surface area contributed by atoms with Gasteiger partial charge in [-0.1, -0.05) is 0 Å². The van der Waals surface area contributed by atoms with Crippen LogP contribution in [0, 0.1) is 0 Å². The highest BCUT2D eigenvalue weighted by atomic mass is 32.2. The summed E-state index contributed by atoms with van der Waals surface area (Å²) in [6, 6.07) is 0. The molecule has 0 radical (unpaired) electrons. The van der Waals surface area contributed by atoms with Crippen LogP contribution in [0.5, 0.6) is 0 Å². The first kappa shape index (κ1) is 19.1. The minimum Gasteiger partial charge on any atom is -0.356 e. The minimum atomic E-state index is -0.202. The fourth-order valence-corrected chi connectivity index (χ4v) is 2.20. The largest absolute Gasteiger partial charge is 0.356 e. The number of hydrogen-bond donors (Lipinski definition) is 2. The summed E-state index contributed by atoms with van der Waals surface area (Å²) in [5.41, 5.74) is -0.202. The Labute approximate surface area is 128 Å². The molecule has 20 heavy (non-hydrogen) atoms. The molecule has 0 spiro atoms. The zero-order chi connectivity index (χ0) is 15.6. The number of guanidine groups is 1. The molecule has 1 amide bonds. The van der Waals surface area contributed by atoms with Crippen LogP contribution < -0.4 is 10.6 Å². The van der Waals surface area contributed by atoms with E-state index in [1.807, 2.05) is 44.5 Å². The quantitative estimate of drug-likeness (QED) is 0.426. The van der Waals surface area contributed by atoms with E-state index >= 15 is 0 Å². The predicted molar refractivity (Wildman–Crippen MR) is 89.5 cm³/mol. The van der Waals surface area contributed by atoms with Gasteiger partial charge in [0.25, 0.3) is 0 Å². The summed E-state index contributed by atoms with van der Waals surface area (Å²) in [5.74, 6) is 1.95. The molecule has 0 aliphatic heterocycles. The van der Waals surface area contributed by atoms with Gasteiger partial charge in [-0.2, -0.15) is 11.8 Å². The van der Waals surface area contributed by atoms with Crippen LogP contribution in [0.1, 0.15) is 33.6 Å². The normalized spacial score (nSPS) is 12.2. The van der Waals surface area contributed by atoms with Crippen LogP contribution in [-0.4, -0.2) is 61.5 Å². The monoisotopic (exact) mass is 302 g/mol. The van der Waals surface area contributed by atoms with Gasteiger partial charge in [0.1, 0.15) is 0 Å². The standard InChI is InChI=1S/C14H30N4OS/c1-14(2,3)17-12(19)11-18(5)13(15-4)16-9-7-8-10-20-6/h7-11H2,1-6H3,(H,15,16)(H,17,19). The van der Waals surface area contributed by atoms with Crippen molar-refractivity contribution in [2.45, 2.75) is 39.2 Å². The Morgan fingerprint density at radius 2 is 1.95 bits per heavy atom.